The Bertz CT molecular complexity index is 313. The second kappa shape index (κ2) is 7.74. The minimum atomic E-state index is -2.01. The summed E-state index contributed by atoms with van der Waals surface area (Å²) in [5, 5.41) is 84.8. The van der Waals surface area contributed by atoms with Crippen molar-refractivity contribution in [3.63, 3.8) is 0 Å². The summed E-state index contributed by atoms with van der Waals surface area (Å²) in [4.78, 5) is 0. The molecule has 1 aliphatic rings. The van der Waals surface area contributed by atoms with Gasteiger partial charge in [-0.05, 0) is 0 Å². The van der Waals surface area contributed by atoms with Crippen LogP contribution in [-0.4, -0.2) is 114 Å². The molecule has 0 amide bonds. The summed E-state index contributed by atoms with van der Waals surface area (Å²) in [5.41, 5.74) is 0. The molecule has 1 rings (SSSR count). The number of rotatable bonds is 6. The monoisotopic (exact) mass is 314 g/mol. The van der Waals surface area contributed by atoms with E-state index < -0.39 is 68.1 Å². The normalized spacial score (nSPS) is 39.6. The van der Waals surface area contributed by atoms with Crippen molar-refractivity contribution >= 4 is 0 Å². The largest absolute Gasteiger partial charge is 0.394 e. The molecule has 0 radical (unpaired) electrons. The molecule has 1 heterocycles. The molecule has 0 aliphatic carbocycles. The molecule has 21 heavy (non-hydrogen) atoms. The van der Waals surface area contributed by atoms with Gasteiger partial charge in [0.15, 0.2) is 0 Å². The van der Waals surface area contributed by atoms with Crippen molar-refractivity contribution in [1.82, 2.24) is 0 Å². The van der Waals surface area contributed by atoms with Gasteiger partial charge < -0.3 is 50.7 Å². The molecule has 0 aromatic carbocycles. The van der Waals surface area contributed by atoms with E-state index in [0.29, 0.717) is 0 Å². The molecule has 1 aliphatic heterocycles. The van der Waals surface area contributed by atoms with Crippen LogP contribution in [-0.2, 0) is 4.74 Å². The van der Waals surface area contributed by atoms with Crippen LogP contribution in [0.4, 0.5) is 0 Å². The average Bonchev–Trinajstić information content (AvgIpc) is 2.50. The maximum absolute atomic E-state index is 9.88. The van der Waals surface area contributed by atoms with Crippen molar-refractivity contribution in [2.75, 3.05) is 13.2 Å². The summed E-state index contributed by atoms with van der Waals surface area (Å²) < 4.78 is 5.00. The predicted molar refractivity (Wildman–Crippen MR) is 64.9 cm³/mol. The van der Waals surface area contributed by atoms with Crippen molar-refractivity contribution in [3.8, 4) is 0 Å². The Morgan fingerprint density at radius 3 is 1.86 bits per heavy atom. The second-order valence-corrected chi connectivity index (χ2v) is 5.02. The van der Waals surface area contributed by atoms with E-state index in [2.05, 4.69) is 0 Å². The lowest BCUT2D eigenvalue weighted by atomic mass is 9.88. The van der Waals surface area contributed by atoms with Gasteiger partial charge in [0.1, 0.15) is 54.9 Å². The summed E-state index contributed by atoms with van der Waals surface area (Å²) in [6, 6.07) is 0. The van der Waals surface area contributed by atoms with Crippen molar-refractivity contribution in [2.24, 2.45) is 0 Å². The molecule has 0 spiro atoms. The highest BCUT2D eigenvalue weighted by Gasteiger charge is 2.48. The first-order valence-corrected chi connectivity index (χ1v) is 6.39. The van der Waals surface area contributed by atoms with E-state index in [-0.39, 0.29) is 0 Å². The van der Waals surface area contributed by atoms with Gasteiger partial charge in [0.2, 0.25) is 0 Å². The molecule has 10 heteroatoms. The van der Waals surface area contributed by atoms with Crippen LogP contribution in [0.3, 0.4) is 0 Å². The first-order chi connectivity index (χ1) is 9.76. The van der Waals surface area contributed by atoms with Gasteiger partial charge in [-0.1, -0.05) is 0 Å². The van der Waals surface area contributed by atoms with Crippen LogP contribution in [0.25, 0.3) is 0 Å². The van der Waals surface area contributed by atoms with E-state index >= 15 is 0 Å². The molecule has 1 saturated heterocycles. The van der Waals surface area contributed by atoms with Crippen molar-refractivity contribution < 1.29 is 50.7 Å². The summed E-state index contributed by atoms with van der Waals surface area (Å²) in [6.45, 7) is -1.59. The van der Waals surface area contributed by atoms with Gasteiger partial charge in [-0.2, -0.15) is 0 Å². The Balaban J connectivity index is 2.82. The first-order valence-electron chi connectivity index (χ1n) is 6.39. The van der Waals surface area contributed by atoms with E-state index in [1.54, 1.807) is 0 Å². The van der Waals surface area contributed by atoms with Crippen LogP contribution in [0.5, 0.6) is 0 Å². The number of aliphatic hydroxyl groups excluding tert-OH is 9. The first kappa shape index (κ1) is 18.6. The topological polar surface area (TPSA) is 191 Å². The SMILES string of the molecule is OC[C@H](O)[C@@H](O)[C@H](O)C(O)C1O[C@H](CO)[C@@H](O)[C@H](O)[C@H]1O. The Kier molecular flexibility index (Phi) is 6.87. The van der Waals surface area contributed by atoms with Gasteiger partial charge in [-0.3, -0.25) is 0 Å². The third-order valence-corrected chi connectivity index (χ3v) is 3.55. The van der Waals surface area contributed by atoms with Crippen LogP contribution in [0.1, 0.15) is 0 Å². The summed E-state index contributed by atoms with van der Waals surface area (Å²) in [6.07, 6.45) is -15.7. The Hall–Kier alpha value is -0.400. The molecular weight excluding hydrogens is 292 g/mol. The highest BCUT2D eigenvalue weighted by atomic mass is 16.6. The van der Waals surface area contributed by atoms with Gasteiger partial charge in [0.05, 0.1) is 13.2 Å². The molecule has 10 nitrogen and oxygen atoms in total. The molecule has 9 N–H and O–H groups in total. The second-order valence-electron chi connectivity index (χ2n) is 5.02. The zero-order chi connectivity index (χ0) is 16.3. The fourth-order valence-electron chi connectivity index (χ4n) is 2.14. The molecule has 0 bridgehead atoms. The minimum Gasteiger partial charge on any atom is -0.394 e. The van der Waals surface area contributed by atoms with Crippen LogP contribution >= 0.6 is 0 Å². The highest BCUT2D eigenvalue weighted by molar-refractivity contribution is 4.97. The van der Waals surface area contributed by atoms with Crippen LogP contribution in [0.15, 0.2) is 0 Å². The van der Waals surface area contributed by atoms with Gasteiger partial charge in [0.25, 0.3) is 0 Å². The van der Waals surface area contributed by atoms with Crippen molar-refractivity contribution in [1.29, 1.82) is 0 Å². The summed E-state index contributed by atoms with van der Waals surface area (Å²) in [5.74, 6) is 0. The maximum atomic E-state index is 9.88. The van der Waals surface area contributed by atoms with E-state index in [9.17, 15) is 35.7 Å². The lowest BCUT2D eigenvalue weighted by molar-refractivity contribution is -0.263. The Morgan fingerprint density at radius 2 is 1.38 bits per heavy atom. The van der Waals surface area contributed by atoms with Gasteiger partial charge in [-0.25, -0.2) is 0 Å². The molecule has 0 aromatic heterocycles. The van der Waals surface area contributed by atoms with Crippen molar-refractivity contribution in [3.05, 3.63) is 0 Å². The summed E-state index contributed by atoms with van der Waals surface area (Å²) in [7, 11) is 0. The molecule has 1 fully saturated rings. The molecule has 9 atom stereocenters. The molecule has 0 saturated carbocycles. The number of aliphatic hydroxyl groups is 9. The molecule has 126 valence electrons. The lowest BCUT2D eigenvalue weighted by Crippen LogP contribution is -2.64. The Morgan fingerprint density at radius 1 is 0.810 bits per heavy atom. The predicted octanol–water partition coefficient (Wildman–Crippen LogP) is -5.74. The minimum absolute atomic E-state index is 0.716. The van der Waals surface area contributed by atoms with Crippen LogP contribution in [0.2, 0.25) is 0 Å². The van der Waals surface area contributed by atoms with E-state index in [1.165, 1.54) is 0 Å². The van der Waals surface area contributed by atoms with Crippen molar-refractivity contribution in [2.45, 2.75) is 54.9 Å². The van der Waals surface area contributed by atoms with Gasteiger partial charge >= 0.3 is 0 Å². The zero-order valence-corrected chi connectivity index (χ0v) is 11.0. The van der Waals surface area contributed by atoms with Gasteiger partial charge in [0, 0.05) is 0 Å². The standard InChI is InChI=1S/C11H22O10/c12-1-3(14)5(15)7(17)9(19)11-10(20)8(18)6(16)4(2-13)21-11/h3-20H,1-2H2/t3-,4+,5+,6+,7-,8-,9?,10+,11?/m0/s1. The zero-order valence-electron chi connectivity index (χ0n) is 11.0. The Labute approximate surface area is 120 Å². The number of hydrogen-bond donors (Lipinski definition) is 9. The lowest BCUT2D eigenvalue weighted by Gasteiger charge is -2.43. The molecule has 2 unspecified atom stereocenters. The third kappa shape index (κ3) is 3.87. The highest BCUT2D eigenvalue weighted by Crippen LogP contribution is 2.25. The smallest absolute Gasteiger partial charge is 0.115 e. The number of hydrogen-bond acceptors (Lipinski definition) is 10. The van der Waals surface area contributed by atoms with E-state index in [0.717, 1.165) is 0 Å². The summed E-state index contributed by atoms with van der Waals surface area (Å²) >= 11 is 0. The fraction of sp³-hybridized carbons (Fsp3) is 1.00. The average molecular weight is 314 g/mol. The third-order valence-electron chi connectivity index (χ3n) is 3.55. The van der Waals surface area contributed by atoms with E-state index in [4.69, 9.17) is 14.9 Å². The van der Waals surface area contributed by atoms with Crippen LogP contribution < -0.4 is 0 Å². The number of ether oxygens (including phenoxy) is 1. The van der Waals surface area contributed by atoms with Crippen LogP contribution in [0, 0.1) is 0 Å². The maximum Gasteiger partial charge on any atom is 0.115 e. The van der Waals surface area contributed by atoms with Gasteiger partial charge in [-0.15, -0.1) is 0 Å². The fourth-order valence-corrected chi connectivity index (χ4v) is 2.14. The van der Waals surface area contributed by atoms with E-state index in [1.807, 2.05) is 0 Å². The molecular formula is C11H22O10. The quantitative estimate of drug-likeness (QED) is 0.228. The molecule has 0 aromatic rings.